The summed E-state index contributed by atoms with van der Waals surface area (Å²) in [5, 5.41) is 9.67. The number of likely N-dealkylation sites (N-methyl/N-ethyl adjacent to an activating group) is 1. The van der Waals surface area contributed by atoms with E-state index in [-0.39, 0.29) is 6.04 Å². The van der Waals surface area contributed by atoms with E-state index >= 15 is 0 Å². The van der Waals surface area contributed by atoms with Crippen molar-refractivity contribution in [3.8, 4) is 0 Å². The Hall–Kier alpha value is -1.26. The molecule has 0 fully saturated rings. The SMILES string of the molecule is CCNC(Cc1ccc(C)c(C)c1)c1csnn1. The summed E-state index contributed by atoms with van der Waals surface area (Å²) in [5.74, 6) is 0. The standard InChI is InChI=1S/C14H19N3S/c1-4-15-13(14-9-18-17-16-14)8-12-6-5-10(2)11(3)7-12/h5-7,9,13,15H,4,8H2,1-3H3. The van der Waals surface area contributed by atoms with Crippen molar-refractivity contribution in [2.45, 2.75) is 33.2 Å². The maximum absolute atomic E-state index is 4.18. The van der Waals surface area contributed by atoms with Gasteiger partial charge in [-0.25, -0.2) is 0 Å². The smallest absolute Gasteiger partial charge is 0.0928 e. The van der Waals surface area contributed by atoms with Crippen LogP contribution in [0.15, 0.2) is 23.6 Å². The molecule has 0 aliphatic carbocycles. The normalized spacial score (nSPS) is 12.6. The minimum Gasteiger partial charge on any atom is -0.309 e. The number of aryl methyl sites for hydroxylation is 2. The van der Waals surface area contributed by atoms with E-state index in [2.05, 4.69) is 53.9 Å². The molecule has 3 nitrogen and oxygen atoms in total. The highest BCUT2D eigenvalue weighted by Gasteiger charge is 2.14. The van der Waals surface area contributed by atoms with E-state index in [1.165, 1.54) is 28.2 Å². The van der Waals surface area contributed by atoms with Crippen LogP contribution in [0.25, 0.3) is 0 Å². The van der Waals surface area contributed by atoms with Gasteiger partial charge >= 0.3 is 0 Å². The van der Waals surface area contributed by atoms with E-state index in [1.54, 1.807) is 0 Å². The average Bonchev–Trinajstić information content (AvgIpc) is 2.87. The van der Waals surface area contributed by atoms with Crippen molar-refractivity contribution < 1.29 is 0 Å². The fourth-order valence-electron chi connectivity index (χ4n) is 2.02. The zero-order chi connectivity index (χ0) is 13.0. The maximum Gasteiger partial charge on any atom is 0.0928 e. The fourth-order valence-corrected chi connectivity index (χ4v) is 2.53. The van der Waals surface area contributed by atoms with Crippen LogP contribution < -0.4 is 5.32 Å². The monoisotopic (exact) mass is 261 g/mol. The molecule has 0 bridgehead atoms. The molecule has 0 spiro atoms. The topological polar surface area (TPSA) is 37.8 Å². The first-order chi connectivity index (χ1) is 8.70. The number of hydrogen-bond donors (Lipinski definition) is 1. The summed E-state index contributed by atoms with van der Waals surface area (Å²) in [6.45, 7) is 7.36. The van der Waals surface area contributed by atoms with Gasteiger partial charge < -0.3 is 5.32 Å². The maximum atomic E-state index is 4.18. The summed E-state index contributed by atoms with van der Waals surface area (Å²) in [4.78, 5) is 0. The van der Waals surface area contributed by atoms with Gasteiger partial charge in [0, 0.05) is 5.38 Å². The Morgan fingerprint density at radius 1 is 1.28 bits per heavy atom. The van der Waals surface area contributed by atoms with Crippen molar-refractivity contribution >= 4 is 11.5 Å². The van der Waals surface area contributed by atoms with Gasteiger partial charge in [-0.05, 0) is 55.0 Å². The van der Waals surface area contributed by atoms with Gasteiger partial charge in [0.1, 0.15) is 0 Å². The largest absolute Gasteiger partial charge is 0.309 e. The van der Waals surface area contributed by atoms with Crippen molar-refractivity contribution in [2.75, 3.05) is 6.54 Å². The van der Waals surface area contributed by atoms with Gasteiger partial charge in [-0.15, -0.1) is 5.10 Å². The lowest BCUT2D eigenvalue weighted by atomic mass is 10.00. The molecule has 0 aliphatic heterocycles. The third kappa shape index (κ3) is 3.15. The molecule has 1 N–H and O–H groups in total. The van der Waals surface area contributed by atoms with E-state index in [9.17, 15) is 0 Å². The lowest BCUT2D eigenvalue weighted by Gasteiger charge is -2.16. The Kier molecular flexibility index (Phi) is 4.44. The lowest BCUT2D eigenvalue weighted by molar-refractivity contribution is 0.535. The van der Waals surface area contributed by atoms with E-state index in [1.807, 2.05) is 5.38 Å². The van der Waals surface area contributed by atoms with Crippen molar-refractivity contribution in [2.24, 2.45) is 0 Å². The van der Waals surface area contributed by atoms with Crippen LogP contribution in [0.1, 0.15) is 35.3 Å². The third-order valence-electron chi connectivity index (χ3n) is 3.20. The lowest BCUT2D eigenvalue weighted by Crippen LogP contribution is -2.23. The van der Waals surface area contributed by atoms with Crippen LogP contribution in [0.3, 0.4) is 0 Å². The molecule has 1 atom stereocenters. The molecule has 18 heavy (non-hydrogen) atoms. The number of nitrogens with one attached hydrogen (secondary N) is 1. The Labute approximate surface area is 112 Å². The van der Waals surface area contributed by atoms with Crippen LogP contribution in [0.5, 0.6) is 0 Å². The predicted molar refractivity (Wildman–Crippen MR) is 75.9 cm³/mol. The molecule has 0 saturated carbocycles. The Morgan fingerprint density at radius 3 is 2.72 bits per heavy atom. The second-order valence-corrected chi connectivity index (χ2v) is 5.17. The molecule has 1 aromatic heterocycles. The molecule has 2 rings (SSSR count). The Balaban J connectivity index is 2.16. The summed E-state index contributed by atoms with van der Waals surface area (Å²) in [5.41, 5.74) is 5.07. The van der Waals surface area contributed by atoms with E-state index in [4.69, 9.17) is 0 Å². The van der Waals surface area contributed by atoms with E-state index < -0.39 is 0 Å². The summed E-state index contributed by atoms with van der Waals surface area (Å²) < 4.78 is 3.95. The summed E-state index contributed by atoms with van der Waals surface area (Å²) in [6.07, 6.45) is 0.959. The molecule has 1 heterocycles. The minimum atomic E-state index is 0.260. The molecule has 0 amide bonds. The molecule has 96 valence electrons. The van der Waals surface area contributed by atoms with Crippen molar-refractivity contribution in [1.29, 1.82) is 0 Å². The predicted octanol–water partition coefficient (Wildman–Crippen LogP) is 3.05. The van der Waals surface area contributed by atoms with Crippen molar-refractivity contribution in [1.82, 2.24) is 14.9 Å². The van der Waals surface area contributed by atoms with Gasteiger partial charge in [0.25, 0.3) is 0 Å². The quantitative estimate of drug-likeness (QED) is 0.899. The van der Waals surface area contributed by atoms with Gasteiger partial charge in [0.2, 0.25) is 0 Å². The second-order valence-electron chi connectivity index (χ2n) is 4.56. The van der Waals surface area contributed by atoms with E-state index in [0.29, 0.717) is 0 Å². The molecule has 0 radical (unpaired) electrons. The molecule has 0 saturated heterocycles. The fraction of sp³-hybridized carbons (Fsp3) is 0.429. The van der Waals surface area contributed by atoms with Crippen LogP contribution in [-0.4, -0.2) is 16.1 Å². The number of benzene rings is 1. The van der Waals surface area contributed by atoms with Crippen molar-refractivity contribution in [3.05, 3.63) is 46.0 Å². The molecule has 4 heteroatoms. The molecule has 2 aromatic rings. The molecule has 1 unspecified atom stereocenters. The van der Waals surface area contributed by atoms with Gasteiger partial charge in [-0.2, -0.15) is 0 Å². The van der Waals surface area contributed by atoms with E-state index in [0.717, 1.165) is 18.7 Å². The van der Waals surface area contributed by atoms with Gasteiger partial charge in [-0.3, -0.25) is 0 Å². The summed E-state index contributed by atoms with van der Waals surface area (Å²) >= 11 is 1.41. The molecule has 0 aliphatic rings. The van der Waals surface area contributed by atoms with Gasteiger partial charge in [0.05, 0.1) is 11.7 Å². The Morgan fingerprint density at radius 2 is 2.11 bits per heavy atom. The number of hydrogen-bond acceptors (Lipinski definition) is 4. The van der Waals surface area contributed by atoms with Crippen LogP contribution >= 0.6 is 11.5 Å². The third-order valence-corrected chi connectivity index (χ3v) is 3.72. The highest BCUT2D eigenvalue weighted by atomic mass is 32.1. The number of nitrogens with zero attached hydrogens (tertiary/aromatic N) is 2. The van der Waals surface area contributed by atoms with Crippen LogP contribution in [0, 0.1) is 13.8 Å². The Bertz CT molecular complexity index is 494. The molecule has 1 aromatic carbocycles. The zero-order valence-electron chi connectivity index (χ0n) is 11.1. The second kappa shape index (κ2) is 6.07. The average molecular weight is 261 g/mol. The first-order valence-corrected chi connectivity index (χ1v) is 7.10. The van der Waals surface area contributed by atoms with Gasteiger partial charge in [-0.1, -0.05) is 29.6 Å². The zero-order valence-corrected chi connectivity index (χ0v) is 11.9. The van der Waals surface area contributed by atoms with Crippen LogP contribution in [-0.2, 0) is 6.42 Å². The summed E-state index contributed by atoms with van der Waals surface area (Å²) in [7, 11) is 0. The molecular weight excluding hydrogens is 242 g/mol. The highest BCUT2D eigenvalue weighted by Crippen LogP contribution is 2.19. The highest BCUT2D eigenvalue weighted by molar-refractivity contribution is 7.03. The van der Waals surface area contributed by atoms with Crippen molar-refractivity contribution in [3.63, 3.8) is 0 Å². The number of aromatic nitrogens is 2. The minimum absolute atomic E-state index is 0.260. The van der Waals surface area contributed by atoms with Crippen LogP contribution in [0.2, 0.25) is 0 Å². The van der Waals surface area contributed by atoms with Gasteiger partial charge in [0.15, 0.2) is 0 Å². The summed E-state index contributed by atoms with van der Waals surface area (Å²) in [6, 6.07) is 6.91. The molecular formula is C14H19N3S. The van der Waals surface area contributed by atoms with Crippen LogP contribution in [0.4, 0.5) is 0 Å². The first kappa shape index (κ1) is 13.2. The number of rotatable bonds is 5. The first-order valence-electron chi connectivity index (χ1n) is 6.27.